The fourth-order valence-corrected chi connectivity index (χ4v) is 12.7. The summed E-state index contributed by atoms with van der Waals surface area (Å²) in [5.41, 5.74) is 18.7. The zero-order chi connectivity index (χ0) is 46.2. The van der Waals surface area contributed by atoms with Crippen LogP contribution in [0, 0.1) is 0 Å². The zero-order valence-electron chi connectivity index (χ0n) is 38.2. The molecule has 0 atom stereocenters. The van der Waals surface area contributed by atoms with Crippen LogP contribution in [0.2, 0.25) is 0 Å². The van der Waals surface area contributed by atoms with Crippen molar-refractivity contribution in [2.75, 3.05) is 4.90 Å². The van der Waals surface area contributed by atoms with Crippen LogP contribution in [0.25, 0.3) is 81.0 Å². The Morgan fingerprint density at radius 1 is 0.343 bits per heavy atom. The van der Waals surface area contributed by atoms with Crippen molar-refractivity contribution in [3.63, 3.8) is 0 Å². The number of para-hydroxylation sites is 2. The minimum Gasteiger partial charge on any atom is -0.310 e. The van der Waals surface area contributed by atoms with E-state index in [4.69, 9.17) is 0 Å². The van der Waals surface area contributed by atoms with Crippen molar-refractivity contribution in [2.45, 2.75) is 5.41 Å². The lowest BCUT2D eigenvalue weighted by Gasteiger charge is -2.34. The van der Waals surface area contributed by atoms with E-state index in [9.17, 15) is 0 Å². The maximum absolute atomic E-state index is 2.47. The Hall–Kier alpha value is -8.76. The molecule has 2 aromatic heterocycles. The maximum atomic E-state index is 2.47. The van der Waals surface area contributed by atoms with Gasteiger partial charge in [0.15, 0.2) is 0 Å². The monoisotopic (exact) mass is 908 g/mol. The lowest BCUT2D eigenvalue weighted by atomic mass is 9.68. The summed E-state index contributed by atoms with van der Waals surface area (Å²) in [5, 5.41) is 5.16. The largest absolute Gasteiger partial charge is 0.310 e. The van der Waals surface area contributed by atoms with Gasteiger partial charge in [-0.3, -0.25) is 0 Å². The first-order valence-electron chi connectivity index (χ1n) is 24.1. The average Bonchev–Trinajstić information content (AvgIpc) is 4.09. The second kappa shape index (κ2) is 16.2. The lowest BCUT2D eigenvalue weighted by Crippen LogP contribution is -2.28. The van der Waals surface area contributed by atoms with E-state index >= 15 is 0 Å². The van der Waals surface area contributed by atoms with Gasteiger partial charge in [0.1, 0.15) is 0 Å². The molecule has 0 fully saturated rings. The number of nitrogens with zero attached hydrogens (tertiary/aromatic N) is 2. The highest BCUT2D eigenvalue weighted by Crippen LogP contribution is 2.59. The van der Waals surface area contributed by atoms with Gasteiger partial charge in [-0.25, -0.2) is 0 Å². The van der Waals surface area contributed by atoms with Gasteiger partial charge in [-0.05, 0) is 123 Å². The molecule has 0 radical (unpaired) electrons. The Bertz CT molecular complexity index is 4000. The third-order valence-electron chi connectivity index (χ3n) is 14.7. The summed E-state index contributed by atoms with van der Waals surface area (Å²) in [7, 11) is 0. The Kier molecular flexibility index (Phi) is 9.33. The van der Waals surface area contributed by atoms with Crippen LogP contribution in [0.3, 0.4) is 0 Å². The molecule has 14 rings (SSSR count). The van der Waals surface area contributed by atoms with Gasteiger partial charge in [0.25, 0.3) is 0 Å². The summed E-state index contributed by atoms with van der Waals surface area (Å²) < 4.78 is 5.05. The highest BCUT2D eigenvalue weighted by atomic mass is 32.1. The number of aromatic nitrogens is 1. The van der Waals surface area contributed by atoms with Crippen LogP contribution in [0.1, 0.15) is 22.3 Å². The Morgan fingerprint density at radius 3 is 1.49 bits per heavy atom. The molecule has 2 heterocycles. The normalized spacial score (nSPS) is 12.7. The van der Waals surface area contributed by atoms with Crippen molar-refractivity contribution >= 4 is 70.4 Å². The second-order valence-electron chi connectivity index (χ2n) is 18.4. The molecule has 3 heteroatoms. The summed E-state index contributed by atoms with van der Waals surface area (Å²) in [6, 6.07) is 98.5. The number of thiophene rings is 1. The summed E-state index contributed by atoms with van der Waals surface area (Å²) in [4.78, 5) is 2.47. The van der Waals surface area contributed by atoms with Crippen LogP contribution in [0.4, 0.5) is 17.1 Å². The van der Waals surface area contributed by atoms with Crippen molar-refractivity contribution in [1.82, 2.24) is 4.57 Å². The van der Waals surface area contributed by atoms with E-state index in [0.717, 1.165) is 22.7 Å². The summed E-state index contributed by atoms with van der Waals surface area (Å²) in [6.07, 6.45) is 0. The molecule has 11 aromatic carbocycles. The highest BCUT2D eigenvalue weighted by Gasteiger charge is 2.47. The summed E-state index contributed by atoms with van der Waals surface area (Å²) >= 11 is 1.86. The highest BCUT2D eigenvalue weighted by molar-refractivity contribution is 7.25. The molecule has 70 heavy (non-hydrogen) atoms. The smallest absolute Gasteiger partial charge is 0.0714 e. The van der Waals surface area contributed by atoms with Gasteiger partial charge in [-0.1, -0.05) is 194 Å². The van der Waals surface area contributed by atoms with Crippen LogP contribution in [-0.4, -0.2) is 4.57 Å². The first kappa shape index (κ1) is 40.3. The van der Waals surface area contributed by atoms with Crippen molar-refractivity contribution < 1.29 is 0 Å². The summed E-state index contributed by atoms with van der Waals surface area (Å²) in [6.45, 7) is 0. The lowest BCUT2D eigenvalue weighted by molar-refractivity contribution is 0.768. The van der Waals surface area contributed by atoms with Gasteiger partial charge >= 0.3 is 0 Å². The molecule has 0 saturated carbocycles. The van der Waals surface area contributed by atoms with Gasteiger partial charge in [0.2, 0.25) is 0 Å². The molecule has 0 amide bonds. The molecule has 13 aromatic rings. The molecule has 0 spiro atoms. The fraction of sp³-hybridized carbons (Fsp3) is 0.0149. The first-order chi connectivity index (χ1) is 34.7. The third kappa shape index (κ3) is 6.19. The SMILES string of the molecule is c1ccc(C2(c3ccccc3)c3ccccc3-c3c(N(c4ccc(-c5ccc(-c6ccc7sc8ccccc8c7c6)cc5)cc4)c4ccc(-n5c6ccccc6c6ccccc65)cc4)cccc32)cc1. The molecule has 0 aliphatic heterocycles. The quantitative estimate of drug-likeness (QED) is 0.147. The van der Waals surface area contributed by atoms with Gasteiger partial charge in [0.05, 0.1) is 22.1 Å². The van der Waals surface area contributed by atoms with E-state index < -0.39 is 5.41 Å². The molecule has 328 valence electrons. The molecular weight excluding hydrogens is 865 g/mol. The van der Waals surface area contributed by atoms with Crippen LogP contribution in [-0.2, 0) is 5.41 Å². The number of hydrogen-bond acceptors (Lipinski definition) is 2. The maximum Gasteiger partial charge on any atom is 0.0714 e. The molecule has 2 nitrogen and oxygen atoms in total. The van der Waals surface area contributed by atoms with Crippen molar-refractivity contribution in [3.8, 4) is 39.1 Å². The Labute approximate surface area is 411 Å². The minimum atomic E-state index is -0.518. The molecule has 1 aliphatic carbocycles. The van der Waals surface area contributed by atoms with E-state index in [1.54, 1.807) is 0 Å². The average molecular weight is 909 g/mol. The molecule has 0 unspecified atom stereocenters. The van der Waals surface area contributed by atoms with Crippen LogP contribution < -0.4 is 4.90 Å². The number of fused-ring (bicyclic) bond motifs is 9. The number of rotatable bonds is 8. The van der Waals surface area contributed by atoms with E-state index in [0.29, 0.717) is 0 Å². The zero-order valence-corrected chi connectivity index (χ0v) is 39.0. The van der Waals surface area contributed by atoms with E-state index in [1.165, 1.54) is 97.6 Å². The first-order valence-corrected chi connectivity index (χ1v) is 24.9. The standard InChI is InChI=1S/C67H44N2S/c1-3-16-49(17-4-1)67(50-18-5-2-6-19-50)59-24-11-7-23-57(59)66-60(67)25-15-28-63(66)68(52-39-41-53(42-40-52)69-61-26-12-8-20-54(61)55-21-9-13-27-62(55)69)51-37-34-46(35-38-51)45-30-32-47(33-31-45)48-36-43-65-58(44-48)56-22-10-14-29-64(56)70-65/h1-44H. The Balaban J connectivity index is 0.913. The van der Waals surface area contributed by atoms with E-state index in [2.05, 4.69) is 276 Å². The van der Waals surface area contributed by atoms with Crippen molar-refractivity contribution in [1.29, 1.82) is 0 Å². The van der Waals surface area contributed by atoms with E-state index in [1.807, 2.05) is 11.3 Å². The number of anilines is 3. The number of benzene rings is 11. The van der Waals surface area contributed by atoms with E-state index in [-0.39, 0.29) is 0 Å². The molecule has 0 saturated heterocycles. The van der Waals surface area contributed by atoms with Crippen LogP contribution in [0.5, 0.6) is 0 Å². The van der Waals surface area contributed by atoms with Crippen molar-refractivity contribution in [2.24, 2.45) is 0 Å². The fourth-order valence-electron chi connectivity index (χ4n) is 11.6. The third-order valence-corrected chi connectivity index (χ3v) is 15.9. The van der Waals surface area contributed by atoms with Gasteiger partial charge in [-0.2, -0.15) is 0 Å². The minimum absolute atomic E-state index is 0.518. The van der Waals surface area contributed by atoms with Crippen LogP contribution in [0.15, 0.2) is 267 Å². The van der Waals surface area contributed by atoms with Gasteiger partial charge in [0, 0.05) is 53.6 Å². The number of hydrogen-bond donors (Lipinski definition) is 0. The molecule has 1 aliphatic rings. The topological polar surface area (TPSA) is 8.17 Å². The van der Waals surface area contributed by atoms with Gasteiger partial charge in [-0.15, -0.1) is 11.3 Å². The molecule has 0 N–H and O–H groups in total. The van der Waals surface area contributed by atoms with Crippen LogP contribution >= 0.6 is 11.3 Å². The Morgan fingerprint density at radius 2 is 0.829 bits per heavy atom. The van der Waals surface area contributed by atoms with Crippen molar-refractivity contribution in [3.05, 3.63) is 289 Å². The predicted octanol–water partition coefficient (Wildman–Crippen LogP) is 18.3. The predicted molar refractivity (Wildman–Crippen MR) is 297 cm³/mol. The molecule has 0 bridgehead atoms. The second-order valence-corrected chi connectivity index (χ2v) is 19.5. The van der Waals surface area contributed by atoms with Gasteiger partial charge < -0.3 is 9.47 Å². The summed E-state index contributed by atoms with van der Waals surface area (Å²) in [5.74, 6) is 0. The molecular formula is C67H44N2S.